The molecule has 1 amide bonds. The molecule has 8 nitrogen and oxygen atoms in total. The monoisotopic (exact) mass is 317 g/mol. The molecule has 0 saturated heterocycles. The molecule has 23 heavy (non-hydrogen) atoms. The Labute approximate surface area is 131 Å². The number of imidazole rings is 1. The molecule has 0 unspecified atom stereocenters. The predicted molar refractivity (Wildman–Crippen MR) is 78.1 cm³/mol. The fraction of sp³-hybridized carbons (Fsp3) is 0.267. The summed E-state index contributed by atoms with van der Waals surface area (Å²) in [6.07, 6.45) is 3.19. The van der Waals surface area contributed by atoms with Gasteiger partial charge in [0.05, 0.1) is 12.7 Å². The smallest absolute Gasteiger partial charge is 0.326 e. The van der Waals surface area contributed by atoms with Gasteiger partial charge in [-0.2, -0.15) is 0 Å². The number of nitrogens with zero attached hydrogens (tertiary/aromatic N) is 1. The second-order valence-corrected chi connectivity index (χ2v) is 5.10. The van der Waals surface area contributed by atoms with Crippen LogP contribution in [0, 0.1) is 0 Å². The highest BCUT2D eigenvalue weighted by molar-refractivity contribution is 5.85. The predicted octanol–water partition coefficient (Wildman–Crippen LogP) is 0.493. The zero-order chi connectivity index (χ0) is 16.2. The van der Waals surface area contributed by atoms with Crippen LogP contribution in [-0.4, -0.2) is 39.8 Å². The van der Waals surface area contributed by atoms with Crippen molar-refractivity contribution in [2.75, 3.05) is 6.79 Å². The van der Waals surface area contributed by atoms with Gasteiger partial charge in [0.25, 0.3) is 0 Å². The Kier molecular flexibility index (Phi) is 4.13. The lowest BCUT2D eigenvalue weighted by Gasteiger charge is -2.13. The van der Waals surface area contributed by atoms with E-state index in [1.165, 1.54) is 12.5 Å². The highest BCUT2D eigenvalue weighted by atomic mass is 16.7. The number of H-pyrrole nitrogens is 1. The van der Waals surface area contributed by atoms with Crippen molar-refractivity contribution < 1.29 is 24.2 Å². The van der Waals surface area contributed by atoms with E-state index in [0.29, 0.717) is 17.2 Å². The van der Waals surface area contributed by atoms with Crippen molar-refractivity contribution in [1.29, 1.82) is 0 Å². The molecule has 3 N–H and O–H groups in total. The van der Waals surface area contributed by atoms with E-state index in [4.69, 9.17) is 9.47 Å². The van der Waals surface area contributed by atoms with Gasteiger partial charge in [-0.25, -0.2) is 9.78 Å². The molecule has 2 aromatic rings. The number of hydrogen-bond acceptors (Lipinski definition) is 5. The molecule has 0 fully saturated rings. The molecular formula is C15H15N3O5. The lowest BCUT2D eigenvalue weighted by atomic mass is 10.1. The van der Waals surface area contributed by atoms with E-state index in [1.54, 1.807) is 18.2 Å². The fourth-order valence-electron chi connectivity index (χ4n) is 2.30. The molecule has 1 aliphatic heterocycles. The minimum atomic E-state index is -1.10. The molecule has 1 aromatic carbocycles. The van der Waals surface area contributed by atoms with Crippen LogP contribution in [0.15, 0.2) is 30.7 Å². The lowest BCUT2D eigenvalue weighted by molar-refractivity contribution is -0.141. The SMILES string of the molecule is O=C(Cc1ccc2c(c1)OCO2)N[C@@H](Cc1cnc[nH]1)C(=O)O. The summed E-state index contributed by atoms with van der Waals surface area (Å²) in [5, 5.41) is 11.7. The molecule has 0 aliphatic carbocycles. The highest BCUT2D eigenvalue weighted by Gasteiger charge is 2.21. The number of fused-ring (bicyclic) bond motifs is 1. The first-order chi connectivity index (χ1) is 11.1. The highest BCUT2D eigenvalue weighted by Crippen LogP contribution is 2.32. The standard InChI is InChI=1S/C15H15N3O5/c19-14(4-9-1-2-12-13(3-9)23-8-22-12)18-11(15(20)21)5-10-6-16-7-17-10/h1-3,6-7,11H,4-5,8H2,(H,16,17)(H,18,19)(H,20,21)/t11-/m0/s1. The summed E-state index contributed by atoms with van der Waals surface area (Å²) in [6.45, 7) is 0.163. The van der Waals surface area contributed by atoms with Crippen molar-refractivity contribution in [2.24, 2.45) is 0 Å². The van der Waals surface area contributed by atoms with Gasteiger partial charge in [0.2, 0.25) is 12.7 Å². The van der Waals surface area contributed by atoms with Gasteiger partial charge in [-0.3, -0.25) is 4.79 Å². The Morgan fingerprint density at radius 2 is 2.17 bits per heavy atom. The molecule has 2 heterocycles. The molecule has 1 aromatic heterocycles. The topological polar surface area (TPSA) is 114 Å². The molecular weight excluding hydrogens is 302 g/mol. The van der Waals surface area contributed by atoms with Gasteiger partial charge in [0.15, 0.2) is 11.5 Å². The van der Waals surface area contributed by atoms with Crippen LogP contribution in [0.1, 0.15) is 11.3 Å². The minimum Gasteiger partial charge on any atom is -0.480 e. The second kappa shape index (κ2) is 6.39. The van der Waals surface area contributed by atoms with Crippen LogP contribution in [0.5, 0.6) is 11.5 Å². The van der Waals surface area contributed by atoms with Crippen molar-refractivity contribution in [2.45, 2.75) is 18.9 Å². The number of carboxylic acids is 1. The van der Waals surface area contributed by atoms with Gasteiger partial charge in [-0.15, -0.1) is 0 Å². The van der Waals surface area contributed by atoms with E-state index in [2.05, 4.69) is 15.3 Å². The number of carbonyl (C=O) groups is 2. The average molecular weight is 317 g/mol. The van der Waals surface area contributed by atoms with E-state index in [-0.39, 0.29) is 25.5 Å². The van der Waals surface area contributed by atoms with Crippen molar-refractivity contribution >= 4 is 11.9 Å². The second-order valence-electron chi connectivity index (χ2n) is 5.10. The van der Waals surface area contributed by atoms with Crippen LogP contribution in [0.25, 0.3) is 0 Å². The third-order valence-electron chi connectivity index (χ3n) is 3.41. The number of hydrogen-bond donors (Lipinski definition) is 3. The number of carboxylic acid groups (broad SMARTS) is 1. The molecule has 8 heteroatoms. The first-order valence-corrected chi connectivity index (χ1v) is 7.00. The Balaban J connectivity index is 1.61. The van der Waals surface area contributed by atoms with E-state index in [0.717, 1.165) is 5.56 Å². The zero-order valence-corrected chi connectivity index (χ0v) is 12.1. The number of amides is 1. The first kappa shape index (κ1) is 14.9. The summed E-state index contributed by atoms with van der Waals surface area (Å²) in [5.41, 5.74) is 1.36. The van der Waals surface area contributed by atoms with Crippen molar-refractivity contribution in [3.63, 3.8) is 0 Å². The Hall–Kier alpha value is -3.03. The van der Waals surface area contributed by atoms with Crippen LogP contribution in [0.3, 0.4) is 0 Å². The van der Waals surface area contributed by atoms with E-state index < -0.39 is 12.0 Å². The third-order valence-corrected chi connectivity index (χ3v) is 3.41. The lowest BCUT2D eigenvalue weighted by Crippen LogP contribution is -2.43. The van der Waals surface area contributed by atoms with Gasteiger partial charge in [0.1, 0.15) is 6.04 Å². The molecule has 0 bridgehead atoms. The number of nitrogens with one attached hydrogen (secondary N) is 2. The summed E-state index contributed by atoms with van der Waals surface area (Å²) in [6, 6.07) is 4.17. The Morgan fingerprint density at radius 3 is 2.91 bits per heavy atom. The van der Waals surface area contributed by atoms with E-state index >= 15 is 0 Å². The number of ether oxygens (including phenoxy) is 2. The van der Waals surface area contributed by atoms with E-state index in [1.807, 2.05) is 0 Å². The largest absolute Gasteiger partial charge is 0.480 e. The number of aromatic amines is 1. The van der Waals surface area contributed by atoms with Crippen molar-refractivity contribution in [3.8, 4) is 11.5 Å². The van der Waals surface area contributed by atoms with E-state index in [9.17, 15) is 14.7 Å². The normalized spacial score (nSPS) is 13.6. The number of aliphatic carboxylic acids is 1. The summed E-state index contributed by atoms with van der Waals surface area (Å²) in [7, 11) is 0. The van der Waals surface area contributed by atoms with Gasteiger partial charge in [-0.05, 0) is 17.7 Å². The molecule has 120 valence electrons. The molecule has 0 radical (unpaired) electrons. The van der Waals surface area contributed by atoms with Crippen LogP contribution >= 0.6 is 0 Å². The zero-order valence-electron chi connectivity index (χ0n) is 12.1. The maximum atomic E-state index is 12.1. The van der Waals surface area contributed by atoms with Gasteiger partial charge < -0.3 is 24.9 Å². The van der Waals surface area contributed by atoms with Crippen LogP contribution in [0.4, 0.5) is 0 Å². The average Bonchev–Trinajstić information content (AvgIpc) is 3.16. The number of aromatic nitrogens is 2. The maximum absolute atomic E-state index is 12.1. The van der Waals surface area contributed by atoms with Gasteiger partial charge in [-0.1, -0.05) is 6.07 Å². The summed E-state index contributed by atoms with van der Waals surface area (Å²) in [5.74, 6) is -0.256. The number of rotatable bonds is 6. The van der Waals surface area contributed by atoms with Crippen LogP contribution in [0.2, 0.25) is 0 Å². The molecule has 0 saturated carbocycles. The minimum absolute atomic E-state index is 0.0589. The quantitative estimate of drug-likeness (QED) is 0.714. The Bertz CT molecular complexity index is 714. The molecule has 1 aliphatic rings. The summed E-state index contributed by atoms with van der Waals surface area (Å²) >= 11 is 0. The first-order valence-electron chi connectivity index (χ1n) is 7.00. The molecule has 0 spiro atoms. The fourth-order valence-corrected chi connectivity index (χ4v) is 2.30. The number of benzene rings is 1. The van der Waals surface area contributed by atoms with Crippen molar-refractivity contribution in [3.05, 3.63) is 42.0 Å². The van der Waals surface area contributed by atoms with Crippen LogP contribution < -0.4 is 14.8 Å². The third kappa shape index (κ3) is 3.60. The summed E-state index contributed by atoms with van der Waals surface area (Å²) < 4.78 is 10.5. The van der Waals surface area contributed by atoms with Gasteiger partial charge >= 0.3 is 5.97 Å². The van der Waals surface area contributed by atoms with Crippen LogP contribution in [-0.2, 0) is 22.4 Å². The van der Waals surface area contributed by atoms with Crippen molar-refractivity contribution in [1.82, 2.24) is 15.3 Å². The summed E-state index contributed by atoms with van der Waals surface area (Å²) in [4.78, 5) is 30.0. The van der Waals surface area contributed by atoms with Gasteiger partial charge in [0, 0.05) is 18.3 Å². The molecule has 3 rings (SSSR count). The molecule has 1 atom stereocenters. The maximum Gasteiger partial charge on any atom is 0.326 e. The Morgan fingerprint density at radius 1 is 1.35 bits per heavy atom. The number of carbonyl (C=O) groups excluding carboxylic acids is 1.